The Morgan fingerprint density at radius 2 is 1.81 bits per heavy atom. The largest absolute Gasteiger partial charge is 0.488 e. The van der Waals surface area contributed by atoms with Crippen LogP contribution in [0.2, 0.25) is 0 Å². The molecular formula is C20H13F3N2O2. The van der Waals surface area contributed by atoms with E-state index in [4.69, 9.17) is 4.74 Å². The molecule has 0 aliphatic carbocycles. The van der Waals surface area contributed by atoms with Gasteiger partial charge in [-0.3, -0.25) is 4.79 Å². The van der Waals surface area contributed by atoms with Crippen LogP contribution in [0.5, 0.6) is 5.75 Å². The Kier molecular flexibility index (Phi) is 4.99. The number of benzene rings is 2. The lowest BCUT2D eigenvalue weighted by Crippen LogP contribution is -2.13. The van der Waals surface area contributed by atoms with Crippen LogP contribution in [0.15, 0.2) is 47.3 Å². The summed E-state index contributed by atoms with van der Waals surface area (Å²) < 4.78 is 45.7. The van der Waals surface area contributed by atoms with Gasteiger partial charge in [-0.15, -0.1) is 0 Å². The molecule has 4 nitrogen and oxygen atoms in total. The second-order valence-corrected chi connectivity index (χ2v) is 5.86. The molecular weight excluding hydrogens is 357 g/mol. The second kappa shape index (κ2) is 7.38. The highest BCUT2D eigenvalue weighted by atomic mass is 19.2. The van der Waals surface area contributed by atoms with Gasteiger partial charge in [0.05, 0.1) is 0 Å². The lowest BCUT2D eigenvalue weighted by Gasteiger charge is -2.13. The Bertz CT molecular complexity index is 1120. The van der Waals surface area contributed by atoms with E-state index in [1.165, 1.54) is 18.2 Å². The van der Waals surface area contributed by atoms with Crippen molar-refractivity contribution in [2.45, 2.75) is 13.5 Å². The maximum atomic E-state index is 13.7. The Morgan fingerprint density at radius 3 is 2.52 bits per heavy atom. The van der Waals surface area contributed by atoms with Gasteiger partial charge in [0.15, 0.2) is 11.6 Å². The van der Waals surface area contributed by atoms with Gasteiger partial charge in [-0.05, 0) is 42.8 Å². The summed E-state index contributed by atoms with van der Waals surface area (Å²) in [6.07, 6.45) is 0. The van der Waals surface area contributed by atoms with Crippen LogP contribution in [-0.2, 0) is 6.61 Å². The fourth-order valence-electron chi connectivity index (χ4n) is 2.64. The van der Waals surface area contributed by atoms with Gasteiger partial charge in [0, 0.05) is 22.9 Å². The molecule has 136 valence electrons. The molecule has 0 amide bonds. The molecule has 1 heterocycles. The van der Waals surface area contributed by atoms with E-state index >= 15 is 0 Å². The molecule has 1 N–H and O–H groups in total. The summed E-state index contributed by atoms with van der Waals surface area (Å²) in [5.41, 5.74) is 0.786. The maximum absolute atomic E-state index is 13.7. The number of aryl methyl sites for hydroxylation is 1. The van der Waals surface area contributed by atoms with Crippen molar-refractivity contribution in [2.24, 2.45) is 0 Å². The number of H-pyrrole nitrogens is 1. The molecule has 2 aromatic carbocycles. The van der Waals surface area contributed by atoms with Gasteiger partial charge in [-0.25, -0.2) is 13.2 Å². The molecule has 1 aromatic heterocycles. The summed E-state index contributed by atoms with van der Waals surface area (Å²) in [5.74, 6) is -2.52. The van der Waals surface area contributed by atoms with Gasteiger partial charge < -0.3 is 9.72 Å². The van der Waals surface area contributed by atoms with Crippen molar-refractivity contribution in [2.75, 3.05) is 0 Å². The summed E-state index contributed by atoms with van der Waals surface area (Å²) in [4.78, 5) is 14.6. The number of nitrogens with one attached hydrogen (secondary N) is 1. The minimum absolute atomic E-state index is 0.0706. The first-order chi connectivity index (χ1) is 12.9. The van der Waals surface area contributed by atoms with E-state index in [-0.39, 0.29) is 17.9 Å². The number of nitriles is 1. The van der Waals surface area contributed by atoms with Crippen LogP contribution in [0.3, 0.4) is 0 Å². The van der Waals surface area contributed by atoms with Crippen LogP contribution in [-0.4, -0.2) is 4.98 Å². The Morgan fingerprint density at radius 1 is 1.04 bits per heavy atom. The highest BCUT2D eigenvalue weighted by molar-refractivity contribution is 5.75. The van der Waals surface area contributed by atoms with Crippen LogP contribution in [0.25, 0.3) is 11.1 Å². The number of rotatable bonds is 4. The fraction of sp³-hybridized carbons (Fsp3) is 0.100. The highest BCUT2D eigenvalue weighted by Crippen LogP contribution is 2.33. The molecule has 7 heteroatoms. The number of pyridine rings is 1. The molecule has 0 atom stereocenters. The van der Waals surface area contributed by atoms with Gasteiger partial charge in [0.1, 0.15) is 29.8 Å². The third kappa shape index (κ3) is 3.85. The maximum Gasteiger partial charge on any atom is 0.266 e. The summed E-state index contributed by atoms with van der Waals surface area (Å²) in [5, 5.41) is 9.30. The van der Waals surface area contributed by atoms with Gasteiger partial charge in [-0.1, -0.05) is 6.07 Å². The predicted molar refractivity (Wildman–Crippen MR) is 92.6 cm³/mol. The predicted octanol–water partition coefficient (Wildman–Crippen LogP) is 4.22. The second-order valence-electron chi connectivity index (χ2n) is 5.86. The zero-order chi connectivity index (χ0) is 19.6. The molecule has 0 aliphatic rings. The standard InChI is InChI=1S/C20H13F3N2O2/c1-11-6-15(16(9-24)20(26)25-11)14-4-3-13(21)8-19(14)27-10-12-2-5-17(22)18(23)7-12/h2-8H,10H2,1H3,(H,25,26). The van der Waals surface area contributed by atoms with E-state index in [0.29, 0.717) is 22.4 Å². The third-order valence-electron chi connectivity index (χ3n) is 3.89. The van der Waals surface area contributed by atoms with Gasteiger partial charge in [0.2, 0.25) is 0 Å². The van der Waals surface area contributed by atoms with E-state index in [1.54, 1.807) is 13.0 Å². The molecule has 0 fully saturated rings. The van der Waals surface area contributed by atoms with Gasteiger partial charge in [-0.2, -0.15) is 5.26 Å². The smallest absolute Gasteiger partial charge is 0.266 e. The molecule has 0 unspecified atom stereocenters. The monoisotopic (exact) mass is 370 g/mol. The topological polar surface area (TPSA) is 65.9 Å². The molecule has 0 saturated carbocycles. The van der Waals surface area contributed by atoms with Crippen molar-refractivity contribution in [3.8, 4) is 22.9 Å². The molecule has 27 heavy (non-hydrogen) atoms. The van der Waals surface area contributed by atoms with Crippen LogP contribution < -0.4 is 10.3 Å². The number of hydrogen-bond acceptors (Lipinski definition) is 3. The quantitative estimate of drug-likeness (QED) is 0.748. The van der Waals surface area contributed by atoms with Crippen LogP contribution >= 0.6 is 0 Å². The van der Waals surface area contributed by atoms with Gasteiger partial charge >= 0.3 is 0 Å². The molecule has 0 spiro atoms. The first-order valence-corrected chi connectivity index (χ1v) is 7.89. The molecule has 3 rings (SSSR count). The summed E-state index contributed by atoms with van der Waals surface area (Å²) >= 11 is 0. The van der Waals surface area contributed by atoms with E-state index in [0.717, 1.165) is 18.2 Å². The lowest BCUT2D eigenvalue weighted by atomic mass is 10.00. The highest BCUT2D eigenvalue weighted by Gasteiger charge is 2.16. The number of aromatic nitrogens is 1. The number of ether oxygens (including phenoxy) is 1. The minimum Gasteiger partial charge on any atom is -0.488 e. The Hall–Kier alpha value is -3.53. The summed E-state index contributed by atoms with van der Waals surface area (Å²) in [7, 11) is 0. The number of hydrogen-bond donors (Lipinski definition) is 1. The fourth-order valence-corrected chi connectivity index (χ4v) is 2.64. The van der Waals surface area contributed by atoms with Crippen molar-refractivity contribution >= 4 is 0 Å². The third-order valence-corrected chi connectivity index (χ3v) is 3.89. The first kappa shape index (κ1) is 18.3. The minimum atomic E-state index is -1.02. The summed E-state index contributed by atoms with van der Waals surface area (Å²) in [6.45, 7) is 1.50. The molecule has 0 radical (unpaired) electrons. The molecule has 0 saturated heterocycles. The van der Waals surface area contributed by atoms with Crippen LogP contribution in [0, 0.1) is 35.7 Å². The molecule has 0 bridgehead atoms. The average Bonchev–Trinajstić information content (AvgIpc) is 2.62. The molecule has 3 aromatic rings. The number of aromatic amines is 1. The Labute approximate surface area is 152 Å². The van der Waals surface area contributed by atoms with E-state index in [1.807, 2.05) is 6.07 Å². The van der Waals surface area contributed by atoms with Crippen LogP contribution in [0.1, 0.15) is 16.8 Å². The SMILES string of the molecule is Cc1cc(-c2ccc(F)cc2OCc2ccc(F)c(F)c2)c(C#N)c(=O)[nH]1. The van der Waals surface area contributed by atoms with E-state index in [2.05, 4.69) is 4.98 Å². The average molecular weight is 370 g/mol. The van der Waals surface area contributed by atoms with E-state index < -0.39 is 23.0 Å². The van der Waals surface area contributed by atoms with Gasteiger partial charge in [0.25, 0.3) is 5.56 Å². The van der Waals surface area contributed by atoms with Crippen molar-refractivity contribution in [3.05, 3.63) is 87.1 Å². The zero-order valence-corrected chi connectivity index (χ0v) is 14.1. The van der Waals surface area contributed by atoms with E-state index in [9.17, 15) is 23.2 Å². The summed E-state index contributed by atoms with van der Waals surface area (Å²) in [6, 6.07) is 10.4. The number of nitrogens with zero attached hydrogens (tertiary/aromatic N) is 1. The zero-order valence-electron chi connectivity index (χ0n) is 14.1. The van der Waals surface area contributed by atoms with Crippen molar-refractivity contribution in [1.29, 1.82) is 5.26 Å². The Balaban J connectivity index is 2.03. The molecule has 0 aliphatic heterocycles. The van der Waals surface area contributed by atoms with Crippen molar-refractivity contribution < 1.29 is 17.9 Å². The van der Waals surface area contributed by atoms with Crippen LogP contribution in [0.4, 0.5) is 13.2 Å². The first-order valence-electron chi connectivity index (χ1n) is 7.89. The number of halogens is 3. The normalized spacial score (nSPS) is 10.5. The van der Waals surface area contributed by atoms with Crippen molar-refractivity contribution in [3.63, 3.8) is 0 Å². The lowest BCUT2D eigenvalue weighted by molar-refractivity contribution is 0.305. The van der Waals surface area contributed by atoms with Crippen molar-refractivity contribution in [1.82, 2.24) is 4.98 Å².